The maximum Gasteiger partial charge on any atom is 0.310 e. The Hall–Kier alpha value is -1.79. The van der Waals surface area contributed by atoms with Gasteiger partial charge in [0.1, 0.15) is 5.75 Å². The third kappa shape index (κ3) is 6.55. The molecule has 0 spiro atoms. The summed E-state index contributed by atoms with van der Waals surface area (Å²) in [5.41, 5.74) is 0.910. The SMILES string of the molecule is COC(=O)C(CNC(=O)[C@H]1CCN[C@@H](C)C1)Cc1ccc(O)cc1.Cl. The highest BCUT2D eigenvalue weighted by atomic mass is 35.5. The van der Waals surface area contributed by atoms with E-state index < -0.39 is 5.92 Å². The molecule has 3 atom stereocenters. The molecule has 1 amide bonds. The van der Waals surface area contributed by atoms with Crippen molar-refractivity contribution in [1.82, 2.24) is 10.6 Å². The molecule has 1 aromatic carbocycles. The average Bonchev–Trinajstić information content (AvgIpc) is 2.59. The van der Waals surface area contributed by atoms with E-state index in [1.165, 1.54) is 7.11 Å². The van der Waals surface area contributed by atoms with Crippen LogP contribution >= 0.6 is 12.4 Å². The van der Waals surface area contributed by atoms with Crippen molar-refractivity contribution >= 4 is 24.3 Å². The molecular formula is C18H27ClN2O4. The van der Waals surface area contributed by atoms with Gasteiger partial charge in [-0.25, -0.2) is 0 Å². The Balaban J connectivity index is 0.00000312. The number of carbonyl (C=O) groups is 2. The molecule has 25 heavy (non-hydrogen) atoms. The number of phenolic OH excluding ortho intramolecular Hbond substituents is 1. The fourth-order valence-corrected chi connectivity index (χ4v) is 3.06. The van der Waals surface area contributed by atoms with Crippen LogP contribution in [-0.4, -0.2) is 43.2 Å². The number of aromatic hydroxyl groups is 1. The van der Waals surface area contributed by atoms with Gasteiger partial charge in [0.2, 0.25) is 5.91 Å². The van der Waals surface area contributed by atoms with Crippen molar-refractivity contribution in [1.29, 1.82) is 0 Å². The van der Waals surface area contributed by atoms with Gasteiger partial charge in [0.15, 0.2) is 0 Å². The van der Waals surface area contributed by atoms with Crippen molar-refractivity contribution in [2.75, 3.05) is 20.2 Å². The summed E-state index contributed by atoms with van der Waals surface area (Å²) in [7, 11) is 1.35. The molecule has 1 fully saturated rings. The van der Waals surface area contributed by atoms with Gasteiger partial charge in [0, 0.05) is 18.5 Å². The van der Waals surface area contributed by atoms with Crippen molar-refractivity contribution in [3.05, 3.63) is 29.8 Å². The fraction of sp³-hybridized carbons (Fsp3) is 0.556. The highest BCUT2D eigenvalue weighted by Gasteiger charge is 2.26. The molecule has 1 aliphatic heterocycles. The molecule has 1 aliphatic rings. The van der Waals surface area contributed by atoms with Crippen LogP contribution in [0.25, 0.3) is 0 Å². The first-order chi connectivity index (χ1) is 11.5. The van der Waals surface area contributed by atoms with Crippen molar-refractivity contribution in [2.45, 2.75) is 32.2 Å². The summed E-state index contributed by atoms with van der Waals surface area (Å²) in [6, 6.07) is 7.03. The quantitative estimate of drug-likeness (QED) is 0.663. The summed E-state index contributed by atoms with van der Waals surface area (Å²) >= 11 is 0. The van der Waals surface area contributed by atoms with E-state index in [1.807, 2.05) is 0 Å². The number of amides is 1. The Morgan fingerprint density at radius 1 is 1.36 bits per heavy atom. The smallest absolute Gasteiger partial charge is 0.310 e. The number of hydrogen-bond donors (Lipinski definition) is 3. The van der Waals surface area contributed by atoms with Gasteiger partial charge in [-0.1, -0.05) is 12.1 Å². The minimum atomic E-state index is -0.442. The van der Waals surface area contributed by atoms with Crippen LogP contribution in [0.1, 0.15) is 25.3 Å². The van der Waals surface area contributed by atoms with E-state index in [4.69, 9.17) is 4.74 Å². The highest BCUT2D eigenvalue weighted by molar-refractivity contribution is 5.85. The maximum absolute atomic E-state index is 12.3. The number of hydrogen-bond acceptors (Lipinski definition) is 5. The molecule has 0 aromatic heterocycles. The van der Waals surface area contributed by atoms with Crippen molar-refractivity contribution < 1.29 is 19.4 Å². The van der Waals surface area contributed by atoms with E-state index in [2.05, 4.69) is 17.6 Å². The van der Waals surface area contributed by atoms with Gasteiger partial charge in [-0.15, -0.1) is 12.4 Å². The van der Waals surface area contributed by atoms with Crippen LogP contribution < -0.4 is 10.6 Å². The summed E-state index contributed by atoms with van der Waals surface area (Å²) in [4.78, 5) is 24.3. The van der Waals surface area contributed by atoms with Gasteiger partial charge >= 0.3 is 5.97 Å². The molecule has 0 saturated carbocycles. The van der Waals surface area contributed by atoms with Gasteiger partial charge in [-0.05, 0) is 50.4 Å². The first-order valence-corrected chi connectivity index (χ1v) is 8.36. The molecule has 1 saturated heterocycles. The van der Waals surface area contributed by atoms with E-state index in [-0.39, 0.29) is 42.5 Å². The van der Waals surface area contributed by atoms with Crippen LogP contribution in [0, 0.1) is 11.8 Å². The van der Waals surface area contributed by atoms with Crippen LogP contribution in [-0.2, 0) is 20.7 Å². The van der Waals surface area contributed by atoms with Crippen molar-refractivity contribution in [3.63, 3.8) is 0 Å². The maximum atomic E-state index is 12.3. The average molecular weight is 371 g/mol. The Bertz CT molecular complexity index is 565. The van der Waals surface area contributed by atoms with E-state index in [0.29, 0.717) is 12.5 Å². The van der Waals surface area contributed by atoms with Crippen LogP contribution in [0.3, 0.4) is 0 Å². The first-order valence-electron chi connectivity index (χ1n) is 8.36. The number of piperidine rings is 1. The second kappa shape index (κ2) is 10.3. The molecule has 0 radical (unpaired) electrons. The lowest BCUT2D eigenvalue weighted by Gasteiger charge is -2.27. The lowest BCUT2D eigenvalue weighted by atomic mass is 9.92. The van der Waals surface area contributed by atoms with Crippen LogP contribution in [0.4, 0.5) is 0 Å². The third-order valence-corrected chi connectivity index (χ3v) is 4.47. The predicted octanol–water partition coefficient (Wildman–Crippen LogP) is 1.65. The number of esters is 1. The Morgan fingerprint density at radius 2 is 2.04 bits per heavy atom. The highest BCUT2D eigenvalue weighted by Crippen LogP contribution is 2.17. The van der Waals surface area contributed by atoms with Crippen LogP contribution in [0.15, 0.2) is 24.3 Å². The standard InChI is InChI=1S/C18H26N2O4.ClH/c1-12-9-14(7-8-19-12)17(22)20-11-15(18(23)24-2)10-13-3-5-16(21)6-4-13;/h3-6,12,14-15,19,21H,7-11H2,1-2H3,(H,20,22);1H/t12-,14-,15?;/m0./s1. The van der Waals surface area contributed by atoms with Crippen molar-refractivity contribution in [3.8, 4) is 5.75 Å². The monoisotopic (exact) mass is 370 g/mol. The fourth-order valence-electron chi connectivity index (χ4n) is 3.06. The Labute approximate surface area is 154 Å². The number of halogens is 1. The third-order valence-electron chi connectivity index (χ3n) is 4.47. The van der Waals surface area contributed by atoms with Gasteiger partial charge in [-0.3, -0.25) is 9.59 Å². The Kier molecular flexibility index (Phi) is 8.72. The van der Waals surface area contributed by atoms with Crippen LogP contribution in [0.2, 0.25) is 0 Å². The molecular weight excluding hydrogens is 344 g/mol. The lowest BCUT2D eigenvalue weighted by molar-refractivity contribution is -0.145. The molecule has 1 heterocycles. The van der Waals surface area contributed by atoms with Gasteiger partial charge < -0.3 is 20.5 Å². The zero-order chi connectivity index (χ0) is 17.5. The molecule has 2 rings (SSSR count). The molecule has 140 valence electrons. The minimum absolute atomic E-state index is 0. The predicted molar refractivity (Wildman–Crippen MR) is 97.8 cm³/mol. The molecule has 1 unspecified atom stereocenters. The zero-order valence-electron chi connectivity index (χ0n) is 14.7. The number of ether oxygens (including phenoxy) is 1. The summed E-state index contributed by atoms with van der Waals surface area (Å²) < 4.78 is 4.85. The van der Waals surface area contributed by atoms with Gasteiger partial charge in [-0.2, -0.15) is 0 Å². The molecule has 3 N–H and O–H groups in total. The van der Waals surface area contributed by atoms with Crippen molar-refractivity contribution in [2.24, 2.45) is 11.8 Å². The summed E-state index contributed by atoms with van der Waals surface area (Å²) in [5, 5.41) is 15.6. The zero-order valence-corrected chi connectivity index (χ0v) is 15.5. The first kappa shape index (κ1) is 21.3. The topological polar surface area (TPSA) is 87.7 Å². The summed E-state index contributed by atoms with van der Waals surface area (Å²) in [6.07, 6.45) is 2.08. The number of nitrogens with one attached hydrogen (secondary N) is 2. The van der Waals surface area contributed by atoms with E-state index in [0.717, 1.165) is 24.9 Å². The molecule has 0 bridgehead atoms. The van der Waals surface area contributed by atoms with E-state index >= 15 is 0 Å². The Morgan fingerprint density at radius 3 is 2.64 bits per heavy atom. The largest absolute Gasteiger partial charge is 0.508 e. The van der Waals surface area contributed by atoms with E-state index in [9.17, 15) is 14.7 Å². The second-order valence-corrected chi connectivity index (χ2v) is 6.41. The lowest BCUT2D eigenvalue weighted by Crippen LogP contribution is -2.44. The number of rotatable bonds is 6. The number of benzene rings is 1. The van der Waals surface area contributed by atoms with Crippen LogP contribution in [0.5, 0.6) is 5.75 Å². The number of methoxy groups -OCH3 is 1. The number of phenols is 1. The molecule has 7 heteroatoms. The van der Waals surface area contributed by atoms with Gasteiger partial charge in [0.25, 0.3) is 0 Å². The van der Waals surface area contributed by atoms with Gasteiger partial charge in [0.05, 0.1) is 13.0 Å². The van der Waals surface area contributed by atoms with E-state index in [1.54, 1.807) is 24.3 Å². The molecule has 6 nitrogen and oxygen atoms in total. The molecule has 0 aliphatic carbocycles. The summed E-state index contributed by atoms with van der Waals surface area (Å²) in [6.45, 7) is 3.17. The molecule has 1 aromatic rings. The normalized spacial score (nSPS) is 20.9. The number of carbonyl (C=O) groups excluding carboxylic acids is 2. The minimum Gasteiger partial charge on any atom is -0.508 e. The second-order valence-electron chi connectivity index (χ2n) is 6.41. The summed E-state index contributed by atoms with van der Waals surface area (Å²) in [5.74, 6) is -0.609.